The van der Waals surface area contributed by atoms with Crippen molar-refractivity contribution >= 4 is 5.91 Å². The number of carbonyl (C=O) groups is 1. The average Bonchev–Trinajstić information content (AvgIpc) is 2.42. The molecule has 0 radical (unpaired) electrons. The van der Waals surface area contributed by atoms with Gasteiger partial charge < -0.3 is 11.1 Å². The molecule has 0 aromatic carbocycles. The molecule has 3 heteroatoms. The predicted octanol–water partition coefficient (Wildman–Crippen LogP) is 2.05. The highest BCUT2D eigenvalue weighted by Gasteiger charge is 2.34. The Morgan fingerprint density at radius 2 is 2.00 bits per heavy atom. The molecule has 16 heavy (non-hydrogen) atoms. The topological polar surface area (TPSA) is 55.1 Å². The first-order valence-corrected chi connectivity index (χ1v) is 6.18. The Morgan fingerprint density at radius 3 is 2.38 bits per heavy atom. The van der Waals surface area contributed by atoms with Gasteiger partial charge in [-0.3, -0.25) is 4.79 Å². The minimum atomic E-state index is -0.420. The summed E-state index contributed by atoms with van der Waals surface area (Å²) in [6.45, 7) is 10.5. The van der Waals surface area contributed by atoms with Gasteiger partial charge in [0.2, 0.25) is 5.91 Å². The lowest BCUT2D eigenvalue weighted by Gasteiger charge is -2.27. The summed E-state index contributed by atoms with van der Waals surface area (Å²) in [7, 11) is 0. The lowest BCUT2D eigenvalue weighted by molar-refractivity contribution is -0.125. The first-order valence-electron chi connectivity index (χ1n) is 6.18. The highest BCUT2D eigenvalue weighted by Crippen LogP contribution is 2.37. The number of hydrogen-bond donors (Lipinski definition) is 2. The van der Waals surface area contributed by atoms with Gasteiger partial charge in [-0.15, -0.1) is 0 Å². The van der Waals surface area contributed by atoms with Crippen LogP contribution >= 0.6 is 0 Å². The summed E-state index contributed by atoms with van der Waals surface area (Å²) in [6, 6.07) is -0.105. The van der Waals surface area contributed by atoms with Gasteiger partial charge in [-0.05, 0) is 30.1 Å². The fourth-order valence-electron chi connectivity index (χ4n) is 2.24. The van der Waals surface area contributed by atoms with Gasteiger partial charge in [0, 0.05) is 6.04 Å². The summed E-state index contributed by atoms with van der Waals surface area (Å²) < 4.78 is 0. The van der Waals surface area contributed by atoms with Crippen LogP contribution in [-0.4, -0.2) is 18.0 Å². The molecule has 1 aliphatic carbocycles. The zero-order chi connectivity index (χ0) is 12.6. The smallest absolute Gasteiger partial charge is 0.237 e. The molecular weight excluding hydrogens is 200 g/mol. The van der Waals surface area contributed by atoms with Crippen LogP contribution in [0, 0.1) is 10.8 Å². The maximum Gasteiger partial charge on any atom is 0.237 e. The van der Waals surface area contributed by atoms with Gasteiger partial charge in [-0.25, -0.2) is 0 Å². The van der Waals surface area contributed by atoms with Crippen molar-refractivity contribution in [1.82, 2.24) is 5.32 Å². The standard InChI is InChI=1S/C13H26N2O/c1-12(2,3)10(14)11(16)15-9-6-7-13(4,5)8-9/h9-10H,6-8,14H2,1-5H3,(H,15,16)/t9?,10-/m1/s1. The van der Waals surface area contributed by atoms with Crippen molar-refractivity contribution in [2.45, 2.75) is 66.0 Å². The summed E-state index contributed by atoms with van der Waals surface area (Å²) in [5.74, 6) is -0.00444. The number of amides is 1. The Kier molecular flexibility index (Phi) is 3.68. The molecule has 0 saturated heterocycles. The largest absolute Gasteiger partial charge is 0.352 e. The van der Waals surface area contributed by atoms with Crippen molar-refractivity contribution in [3.63, 3.8) is 0 Å². The van der Waals surface area contributed by atoms with Crippen LogP contribution in [0.3, 0.4) is 0 Å². The molecule has 0 bridgehead atoms. The Labute approximate surface area is 99.2 Å². The fourth-order valence-corrected chi connectivity index (χ4v) is 2.24. The summed E-state index contributed by atoms with van der Waals surface area (Å²) >= 11 is 0. The fraction of sp³-hybridized carbons (Fsp3) is 0.923. The highest BCUT2D eigenvalue weighted by molar-refractivity contribution is 5.82. The summed E-state index contributed by atoms with van der Waals surface area (Å²) in [5.41, 5.74) is 6.12. The minimum Gasteiger partial charge on any atom is -0.352 e. The second-order valence-electron chi connectivity index (χ2n) is 6.96. The summed E-state index contributed by atoms with van der Waals surface area (Å²) in [4.78, 5) is 11.9. The number of nitrogens with one attached hydrogen (secondary N) is 1. The Morgan fingerprint density at radius 1 is 1.44 bits per heavy atom. The van der Waals surface area contributed by atoms with Crippen molar-refractivity contribution in [2.24, 2.45) is 16.6 Å². The van der Waals surface area contributed by atoms with E-state index in [1.54, 1.807) is 0 Å². The zero-order valence-electron chi connectivity index (χ0n) is 11.3. The number of nitrogens with two attached hydrogens (primary N) is 1. The van der Waals surface area contributed by atoms with Crippen LogP contribution in [0.4, 0.5) is 0 Å². The lowest BCUT2D eigenvalue weighted by Crippen LogP contribution is -2.51. The van der Waals surface area contributed by atoms with E-state index in [1.165, 1.54) is 6.42 Å². The molecule has 0 aliphatic heterocycles. The van der Waals surface area contributed by atoms with Crippen molar-refractivity contribution in [1.29, 1.82) is 0 Å². The Balaban J connectivity index is 2.47. The molecule has 0 heterocycles. The van der Waals surface area contributed by atoms with Gasteiger partial charge >= 0.3 is 0 Å². The molecule has 1 aliphatic rings. The molecule has 0 aromatic rings. The van der Waals surface area contributed by atoms with Crippen LogP contribution in [0.1, 0.15) is 53.9 Å². The van der Waals surface area contributed by atoms with Crippen LogP contribution < -0.4 is 11.1 Å². The molecule has 2 atom stereocenters. The van der Waals surface area contributed by atoms with Crippen molar-refractivity contribution < 1.29 is 4.79 Å². The molecule has 1 fully saturated rings. The Bertz CT molecular complexity index is 266. The van der Waals surface area contributed by atoms with Gasteiger partial charge in [0.15, 0.2) is 0 Å². The summed E-state index contributed by atoms with van der Waals surface area (Å²) in [5, 5.41) is 3.08. The van der Waals surface area contributed by atoms with Gasteiger partial charge in [0.05, 0.1) is 6.04 Å². The maximum absolute atomic E-state index is 11.9. The van der Waals surface area contributed by atoms with E-state index in [0.717, 1.165) is 12.8 Å². The third-order valence-electron chi connectivity index (χ3n) is 3.53. The third-order valence-corrected chi connectivity index (χ3v) is 3.53. The summed E-state index contributed by atoms with van der Waals surface area (Å²) in [6.07, 6.45) is 3.33. The van der Waals surface area contributed by atoms with E-state index in [9.17, 15) is 4.79 Å². The SMILES string of the molecule is CC1(C)CCC(NC(=O)[C@@H](N)C(C)(C)C)C1. The molecule has 0 aromatic heterocycles. The third kappa shape index (κ3) is 3.48. The first-order chi connectivity index (χ1) is 7.12. The molecule has 0 spiro atoms. The van der Waals surface area contributed by atoms with Crippen molar-refractivity contribution in [3.05, 3.63) is 0 Å². The quantitative estimate of drug-likeness (QED) is 0.757. The molecule has 1 amide bonds. The van der Waals surface area contributed by atoms with E-state index in [0.29, 0.717) is 11.5 Å². The van der Waals surface area contributed by atoms with Crippen molar-refractivity contribution in [2.75, 3.05) is 0 Å². The minimum absolute atomic E-state index is 0.00444. The molecular formula is C13H26N2O. The second-order valence-corrected chi connectivity index (χ2v) is 6.96. The lowest BCUT2D eigenvalue weighted by atomic mass is 9.86. The highest BCUT2D eigenvalue weighted by atomic mass is 16.2. The van der Waals surface area contributed by atoms with E-state index in [1.807, 2.05) is 20.8 Å². The van der Waals surface area contributed by atoms with E-state index in [4.69, 9.17) is 5.73 Å². The second kappa shape index (κ2) is 4.36. The van der Waals surface area contributed by atoms with E-state index in [2.05, 4.69) is 19.2 Å². The van der Waals surface area contributed by atoms with Crippen LogP contribution in [0.5, 0.6) is 0 Å². The monoisotopic (exact) mass is 226 g/mol. The zero-order valence-corrected chi connectivity index (χ0v) is 11.3. The van der Waals surface area contributed by atoms with Crippen LogP contribution in [-0.2, 0) is 4.79 Å². The molecule has 1 saturated carbocycles. The van der Waals surface area contributed by atoms with E-state index in [-0.39, 0.29) is 11.3 Å². The maximum atomic E-state index is 11.9. The van der Waals surface area contributed by atoms with Gasteiger partial charge in [0.25, 0.3) is 0 Å². The van der Waals surface area contributed by atoms with E-state index < -0.39 is 6.04 Å². The normalized spacial score (nSPS) is 26.5. The predicted molar refractivity (Wildman–Crippen MR) is 67.0 cm³/mol. The number of carbonyl (C=O) groups excluding carboxylic acids is 1. The number of hydrogen-bond acceptors (Lipinski definition) is 2. The molecule has 3 N–H and O–H groups in total. The molecule has 1 unspecified atom stereocenters. The first kappa shape index (κ1) is 13.5. The van der Waals surface area contributed by atoms with Crippen LogP contribution in [0.15, 0.2) is 0 Å². The van der Waals surface area contributed by atoms with Gasteiger partial charge in [-0.2, -0.15) is 0 Å². The Hall–Kier alpha value is -0.570. The van der Waals surface area contributed by atoms with Gasteiger partial charge in [-0.1, -0.05) is 34.6 Å². The molecule has 1 rings (SSSR count). The van der Waals surface area contributed by atoms with E-state index >= 15 is 0 Å². The average molecular weight is 226 g/mol. The van der Waals surface area contributed by atoms with Crippen molar-refractivity contribution in [3.8, 4) is 0 Å². The van der Waals surface area contributed by atoms with Crippen LogP contribution in [0.25, 0.3) is 0 Å². The number of rotatable bonds is 2. The van der Waals surface area contributed by atoms with Gasteiger partial charge in [0.1, 0.15) is 0 Å². The molecule has 3 nitrogen and oxygen atoms in total. The van der Waals surface area contributed by atoms with Crippen LogP contribution in [0.2, 0.25) is 0 Å². The molecule has 94 valence electrons.